The third-order valence-corrected chi connectivity index (χ3v) is 7.23. The predicted octanol–water partition coefficient (Wildman–Crippen LogP) is 6.79. The number of alkyl halides is 6. The lowest BCUT2D eigenvalue weighted by Crippen LogP contribution is -2.11. The van der Waals surface area contributed by atoms with Crippen molar-refractivity contribution >= 4 is 23.3 Å². The molecular weight excluding hydrogens is 381 g/mol. The molecule has 0 aromatic rings. The lowest BCUT2D eigenvalue weighted by molar-refractivity contribution is -0.274. The molecule has 0 saturated carbocycles. The SMILES string of the molecule is FC(F)(F)OP1(F)=NP(F)(F)=NP(F)(OC(F)(F)F)=N1. The van der Waals surface area contributed by atoms with E-state index in [9.17, 15) is 43.1 Å². The number of nitrogens with zero attached hydrogens (tertiary/aromatic N) is 3. The summed E-state index contributed by atoms with van der Waals surface area (Å²) in [6, 6.07) is 0. The maximum atomic E-state index is 13.3. The third-order valence-electron chi connectivity index (χ3n) is 1.10. The van der Waals surface area contributed by atoms with Gasteiger partial charge >= 0.3 is 36.0 Å². The highest BCUT2D eigenvalue weighted by molar-refractivity contribution is 7.77. The number of rotatable bonds is 2. The van der Waals surface area contributed by atoms with Crippen molar-refractivity contribution in [3.05, 3.63) is 0 Å². The first-order valence-electron chi connectivity index (χ1n) is 3.78. The first-order valence-corrected chi connectivity index (χ1v) is 8.27. The summed E-state index contributed by atoms with van der Waals surface area (Å²) in [4.78, 5) is 0. The maximum absolute atomic E-state index is 13.3. The smallest absolute Gasteiger partial charge is 0.207 e. The van der Waals surface area contributed by atoms with E-state index in [1.807, 2.05) is 0 Å². The van der Waals surface area contributed by atoms with Crippen LogP contribution in [0, 0.1) is 0 Å². The molecule has 0 spiro atoms. The van der Waals surface area contributed by atoms with E-state index in [-0.39, 0.29) is 0 Å². The standard InChI is InChI=1S/C2F10N3O2P3/c3-1(4,5)16-19(11)13-18(9,10)14-20(12,15-19)17-2(6,7)8. The molecule has 1 heterocycles. The van der Waals surface area contributed by atoms with Gasteiger partial charge in [0.2, 0.25) is 0 Å². The van der Waals surface area contributed by atoms with E-state index in [0.29, 0.717) is 0 Å². The van der Waals surface area contributed by atoms with E-state index in [1.54, 1.807) is 13.5 Å². The van der Waals surface area contributed by atoms with Crippen molar-refractivity contribution in [2.24, 2.45) is 13.5 Å². The molecule has 0 aromatic carbocycles. The van der Waals surface area contributed by atoms with Crippen LogP contribution in [-0.4, -0.2) is 12.7 Å². The average molecular weight is 381 g/mol. The second kappa shape index (κ2) is 4.98. The molecule has 0 bridgehead atoms. The minimum atomic E-state index is -6.50. The highest BCUT2D eigenvalue weighted by atomic mass is 31.3. The number of halogens is 10. The Morgan fingerprint density at radius 3 is 1.30 bits per heavy atom. The summed E-state index contributed by atoms with van der Waals surface area (Å²) in [6.07, 6.45) is -11.8. The minimum absolute atomic E-state index is 1.54. The van der Waals surface area contributed by atoms with Crippen LogP contribution in [0.2, 0.25) is 0 Å². The van der Waals surface area contributed by atoms with Crippen molar-refractivity contribution in [1.82, 2.24) is 0 Å². The molecule has 18 heteroatoms. The summed E-state index contributed by atoms with van der Waals surface area (Å²) in [7, 11) is -19.4. The number of hydrogen-bond donors (Lipinski definition) is 0. The molecule has 0 saturated heterocycles. The van der Waals surface area contributed by atoms with Crippen LogP contribution in [0.25, 0.3) is 0 Å². The summed E-state index contributed by atoms with van der Waals surface area (Å²) in [5, 5.41) is 0. The third kappa shape index (κ3) is 5.72. The van der Waals surface area contributed by atoms with Gasteiger partial charge in [-0.2, -0.15) is 8.39 Å². The molecule has 0 N–H and O–H groups in total. The largest absolute Gasteiger partial charge is 0.530 e. The van der Waals surface area contributed by atoms with Gasteiger partial charge in [0.15, 0.2) is 0 Å². The van der Waals surface area contributed by atoms with E-state index in [4.69, 9.17) is 0 Å². The second-order valence-electron chi connectivity index (χ2n) is 2.74. The van der Waals surface area contributed by atoms with Gasteiger partial charge in [-0.25, -0.2) is 9.05 Å². The van der Waals surface area contributed by atoms with E-state index in [1.165, 1.54) is 0 Å². The van der Waals surface area contributed by atoms with E-state index in [2.05, 4.69) is 9.05 Å². The normalized spacial score (nSPS) is 33.9. The van der Waals surface area contributed by atoms with Crippen molar-refractivity contribution in [3.8, 4) is 0 Å². The van der Waals surface area contributed by atoms with Gasteiger partial charge in [-0.05, 0) is 0 Å². The van der Waals surface area contributed by atoms with Crippen LogP contribution >= 0.6 is 23.3 Å². The highest BCUT2D eigenvalue weighted by Crippen LogP contribution is 2.82. The molecule has 2 atom stereocenters. The zero-order valence-corrected chi connectivity index (χ0v) is 11.0. The molecule has 1 rings (SSSR count). The van der Waals surface area contributed by atoms with Crippen molar-refractivity contribution in [3.63, 3.8) is 0 Å². The van der Waals surface area contributed by atoms with E-state index in [0.717, 1.165) is 0 Å². The zero-order chi connectivity index (χ0) is 16.0. The molecule has 0 aromatic heterocycles. The quantitative estimate of drug-likeness (QED) is 0.391. The molecule has 1 aliphatic rings. The van der Waals surface area contributed by atoms with Gasteiger partial charge in [-0.15, -0.1) is 48.3 Å². The molecular formula is C2F10N3O2P3. The van der Waals surface area contributed by atoms with Gasteiger partial charge in [0.05, 0.1) is 0 Å². The van der Waals surface area contributed by atoms with Crippen LogP contribution in [0.1, 0.15) is 0 Å². The van der Waals surface area contributed by atoms with Gasteiger partial charge in [0.25, 0.3) is 0 Å². The summed E-state index contributed by atoms with van der Waals surface area (Å²) >= 11 is 0. The van der Waals surface area contributed by atoms with Gasteiger partial charge in [0, 0.05) is 0 Å². The Balaban J connectivity index is 3.40. The Morgan fingerprint density at radius 1 is 0.600 bits per heavy atom. The maximum Gasteiger partial charge on any atom is 0.530 e. The Bertz CT molecular complexity index is 534. The Kier molecular flexibility index (Phi) is 4.47. The zero-order valence-electron chi connectivity index (χ0n) is 8.28. The van der Waals surface area contributed by atoms with Crippen molar-refractivity contribution in [2.45, 2.75) is 12.7 Å². The fraction of sp³-hybridized carbons (Fsp3) is 1.00. The lowest BCUT2D eigenvalue weighted by Gasteiger charge is -2.21. The minimum Gasteiger partial charge on any atom is -0.207 e. The topological polar surface area (TPSA) is 55.5 Å². The summed E-state index contributed by atoms with van der Waals surface area (Å²) in [5.74, 6) is 0. The molecule has 1 aliphatic heterocycles. The van der Waals surface area contributed by atoms with E-state index < -0.39 is 36.0 Å². The first kappa shape index (κ1) is 18.0. The van der Waals surface area contributed by atoms with Crippen LogP contribution in [0.3, 0.4) is 0 Å². The van der Waals surface area contributed by atoms with Gasteiger partial charge in [-0.1, -0.05) is 0 Å². The van der Waals surface area contributed by atoms with Crippen LogP contribution in [0.4, 0.5) is 43.1 Å². The Labute approximate surface area is 103 Å². The average Bonchev–Trinajstić information content (AvgIpc) is 1.83. The summed E-state index contributed by atoms with van der Waals surface area (Å²) < 4.78 is 132. The number of hydrogen-bond acceptors (Lipinski definition) is 5. The van der Waals surface area contributed by atoms with Crippen molar-refractivity contribution in [1.29, 1.82) is 0 Å². The fourth-order valence-corrected chi connectivity index (χ4v) is 6.51. The van der Waals surface area contributed by atoms with Crippen LogP contribution < -0.4 is 0 Å². The highest BCUT2D eigenvalue weighted by Gasteiger charge is 2.50. The fourth-order valence-electron chi connectivity index (χ4n) is 0.792. The van der Waals surface area contributed by atoms with Gasteiger partial charge in [0.1, 0.15) is 0 Å². The van der Waals surface area contributed by atoms with E-state index >= 15 is 0 Å². The van der Waals surface area contributed by atoms with Crippen LogP contribution in [0.5, 0.6) is 0 Å². The monoisotopic (exact) mass is 381 g/mol. The summed E-state index contributed by atoms with van der Waals surface area (Å²) in [5.41, 5.74) is 0. The predicted molar refractivity (Wildman–Crippen MR) is 46.8 cm³/mol. The molecule has 0 aliphatic carbocycles. The van der Waals surface area contributed by atoms with Gasteiger partial charge < -0.3 is 0 Å². The molecule has 0 amide bonds. The first-order chi connectivity index (χ1) is 8.54. The second-order valence-corrected chi connectivity index (χ2v) is 8.06. The summed E-state index contributed by atoms with van der Waals surface area (Å²) in [6.45, 7) is 0. The van der Waals surface area contributed by atoms with Crippen LogP contribution in [-0.2, 0) is 9.05 Å². The molecule has 0 fully saturated rings. The molecule has 5 nitrogen and oxygen atoms in total. The van der Waals surface area contributed by atoms with Crippen molar-refractivity contribution in [2.75, 3.05) is 0 Å². The molecule has 20 heavy (non-hydrogen) atoms. The van der Waals surface area contributed by atoms with Crippen molar-refractivity contribution < 1.29 is 52.2 Å². The van der Waals surface area contributed by atoms with Gasteiger partial charge in [-0.3, -0.25) is 0 Å². The Morgan fingerprint density at radius 2 is 0.950 bits per heavy atom. The Hall–Kier alpha value is -0.0900. The molecule has 120 valence electrons. The van der Waals surface area contributed by atoms with Crippen LogP contribution in [0.15, 0.2) is 13.5 Å². The molecule has 2 unspecified atom stereocenters. The molecule has 0 radical (unpaired) electrons. The lowest BCUT2D eigenvalue weighted by atomic mass is 11.4.